The molecule has 2 atom stereocenters. The summed E-state index contributed by atoms with van der Waals surface area (Å²) in [5, 5.41) is 2.62. The molecule has 2 unspecified atom stereocenters. The van der Waals surface area contributed by atoms with Crippen LogP contribution in [0.25, 0.3) is 0 Å². The summed E-state index contributed by atoms with van der Waals surface area (Å²) >= 11 is 5.65. The summed E-state index contributed by atoms with van der Waals surface area (Å²) in [6.45, 7) is 5.29. The summed E-state index contributed by atoms with van der Waals surface area (Å²) in [7, 11) is 0. The van der Waals surface area contributed by atoms with Gasteiger partial charge in [-0.05, 0) is 31.0 Å². The first kappa shape index (κ1) is 14.8. The minimum absolute atomic E-state index is 0.0168. The zero-order valence-corrected chi connectivity index (χ0v) is 12.2. The van der Waals surface area contributed by atoms with Gasteiger partial charge in [0.2, 0.25) is 11.8 Å². The van der Waals surface area contributed by atoms with Gasteiger partial charge in [0.1, 0.15) is 17.9 Å². The van der Waals surface area contributed by atoms with Gasteiger partial charge >= 0.3 is 0 Å². The molecule has 1 aromatic carbocycles. The molecule has 0 aliphatic carbocycles. The predicted octanol–water partition coefficient (Wildman–Crippen LogP) is 2.36. The zero-order chi connectivity index (χ0) is 15.0. The lowest BCUT2D eigenvalue weighted by Gasteiger charge is -2.39. The van der Waals surface area contributed by atoms with E-state index in [9.17, 15) is 14.0 Å². The molecule has 1 fully saturated rings. The average molecular weight is 299 g/mol. The Kier molecular flexibility index (Phi) is 3.99. The van der Waals surface area contributed by atoms with Gasteiger partial charge in [-0.15, -0.1) is 0 Å². The van der Waals surface area contributed by atoms with Gasteiger partial charge in [-0.1, -0.05) is 25.4 Å². The van der Waals surface area contributed by atoms with Gasteiger partial charge in [0.05, 0.1) is 5.02 Å². The predicted molar refractivity (Wildman–Crippen MR) is 75.1 cm³/mol. The molecule has 20 heavy (non-hydrogen) atoms. The number of hydrogen-bond acceptors (Lipinski definition) is 2. The molecule has 1 N–H and O–H groups in total. The van der Waals surface area contributed by atoms with Crippen molar-refractivity contribution in [3.8, 4) is 0 Å². The zero-order valence-electron chi connectivity index (χ0n) is 11.5. The molecule has 2 amide bonds. The van der Waals surface area contributed by atoms with Gasteiger partial charge in [0, 0.05) is 5.69 Å². The second kappa shape index (κ2) is 5.40. The van der Waals surface area contributed by atoms with E-state index >= 15 is 0 Å². The minimum Gasteiger partial charge on any atom is -0.343 e. The first-order valence-corrected chi connectivity index (χ1v) is 6.79. The van der Waals surface area contributed by atoms with Gasteiger partial charge in [-0.3, -0.25) is 14.5 Å². The third-order valence-electron chi connectivity index (χ3n) is 3.33. The molecule has 1 saturated heterocycles. The second-order valence-electron chi connectivity index (χ2n) is 5.23. The number of halogens is 2. The van der Waals surface area contributed by atoms with Crippen molar-refractivity contribution in [1.29, 1.82) is 0 Å². The molecular weight excluding hydrogens is 283 g/mol. The van der Waals surface area contributed by atoms with Crippen LogP contribution in [0.4, 0.5) is 10.1 Å². The molecule has 2 rings (SSSR count). The van der Waals surface area contributed by atoms with E-state index in [2.05, 4.69) is 5.32 Å². The molecule has 1 aromatic rings. The number of piperazine rings is 1. The van der Waals surface area contributed by atoms with E-state index in [-0.39, 0.29) is 22.8 Å². The third kappa shape index (κ3) is 2.50. The number of benzene rings is 1. The molecule has 1 heterocycles. The van der Waals surface area contributed by atoms with Crippen LogP contribution < -0.4 is 10.2 Å². The Morgan fingerprint density at radius 1 is 1.35 bits per heavy atom. The number of rotatable bonds is 2. The Morgan fingerprint density at radius 3 is 2.55 bits per heavy atom. The van der Waals surface area contributed by atoms with Gasteiger partial charge in [0.15, 0.2) is 0 Å². The molecule has 0 spiro atoms. The number of anilines is 1. The van der Waals surface area contributed by atoms with Crippen LogP contribution in [0.2, 0.25) is 5.02 Å². The van der Waals surface area contributed by atoms with E-state index in [1.165, 1.54) is 17.0 Å². The highest BCUT2D eigenvalue weighted by atomic mass is 35.5. The maximum atomic E-state index is 13.6. The first-order chi connectivity index (χ1) is 9.32. The maximum Gasteiger partial charge on any atom is 0.250 e. The summed E-state index contributed by atoms with van der Waals surface area (Å²) in [6.07, 6.45) is 0. The highest BCUT2D eigenvalue weighted by molar-refractivity contribution is 6.30. The fraction of sp³-hybridized carbons (Fsp3) is 0.429. The van der Waals surface area contributed by atoms with Crippen molar-refractivity contribution in [1.82, 2.24) is 5.32 Å². The fourth-order valence-corrected chi connectivity index (χ4v) is 2.46. The van der Waals surface area contributed by atoms with Crippen LogP contribution in [0, 0.1) is 11.7 Å². The summed E-state index contributed by atoms with van der Waals surface area (Å²) in [5.41, 5.74) is 0.345. The molecule has 1 aliphatic heterocycles. The van der Waals surface area contributed by atoms with Gasteiger partial charge < -0.3 is 5.32 Å². The molecule has 108 valence electrons. The SMILES string of the molecule is CC1NC(=O)C(C(C)C)N(c2ccc(Cl)c(F)c2)C1=O. The van der Waals surface area contributed by atoms with Crippen LogP contribution in [-0.2, 0) is 9.59 Å². The average Bonchev–Trinajstić information content (AvgIpc) is 2.36. The normalized spacial score (nSPS) is 23.2. The highest BCUT2D eigenvalue weighted by Crippen LogP contribution is 2.28. The summed E-state index contributed by atoms with van der Waals surface area (Å²) in [5.74, 6) is -1.20. The number of nitrogens with one attached hydrogen (secondary N) is 1. The molecule has 1 aliphatic rings. The number of nitrogens with zero attached hydrogens (tertiary/aromatic N) is 1. The van der Waals surface area contributed by atoms with Crippen molar-refractivity contribution in [3.05, 3.63) is 29.0 Å². The highest BCUT2D eigenvalue weighted by Gasteiger charge is 2.41. The Hall–Kier alpha value is -1.62. The van der Waals surface area contributed by atoms with Crippen LogP contribution in [-0.4, -0.2) is 23.9 Å². The van der Waals surface area contributed by atoms with Crippen molar-refractivity contribution >= 4 is 29.1 Å². The van der Waals surface area contributed by atoms with Crippen molar-refractivity contribution in [3.63, 3.8) is 0 Å². The van der Waals surface area contributed by atoms with E-state index in [4.69, 9.17) is 11.6 Å². The standard InChI is InChI=1S/C14H16ClFN2O2/c1-7(2)12-13(19)17-8(3)14(20)18(12)9-4-5-10(15)11(16)6-9/h4-8,12H,1-3H3,(H,17,19). The van der Waals surface area contributed by atoms with E-state index in [1.807, 2.05) is 13.8 Å². The molecular formula is C14H16ClFN2O2. The second-order valence-corrected chi connectivity index (χ2v) is 5.63. The molecule has 0 bridgehead atoms. The Labute approximate surface area is 121 Å². The molecule has 6 heteroatoms. The van der Waals surface area contributed by atoms with Crippen molar-refractivity contribution in [2.45, 2.75) is 32.9 Å². The Bertz CT molecular complexity index is 562. The molecule has 0 saturated carbocycles. The Balaban J connectivity index is 2.49. The summed E-state index contributed by atoms with van der Waals surface area (Å²) in [4.78, 5) is 25.8. The number of hydrogen-bond donors (Lipinski definition) is 1. The monoisotopic (exact) mass is 298 g/mol. The first-order valence-electron chi connectivity index (χ1n) is 6.41. The number of carbonyl (C=O) groups is 2. The lowest BCUT2D eigenvalue weighted by molar-refractivity contribution is -0.134. The van der Waals surface area contributed by atoms with Crippen LogP contribution in [0.1, 0.15) is 20.8 Å². The number of carbonyl (C=O) groups excluding carboxylic acids is 2. The van der Waals surface area contributed by atoms with Gasteiger partial charge in [-0.2, -0.15) is 0 Å². The third-order valence-corrected chi connectivity index (χ3v) is 3.63. The van der Waals surface area contributed by atoms with Crippen LogP contribution >= 0.6 is 11.6 Å². The largest absolute Gasteiger partial charge is 0.343 e. The van der Waals surface area contributed by atoms with Crippen LogP contribution in [0.15, 0.2) is 18.2 Å². The van der Waals surface area contributed by atoms with E-state index in [1.54, 1.807) is 13.0 Å². The lowest BCUT2D eigenvalue weighted by Crippen LogP contribution is -2.64. The number of amides is 2. The Morgan fingerprint density at radius 2 is 2.00 bits per heavy atom. The minimum atomic E-state index is -0.653. The van der Waals surface area contributed by atoms with Crippen LogP contribution in [0.5, 0.6) is 0 Å². The van der Waals surface area contributed by atoms with Gasteiger partial charge in [0.25, 0.3) is 0 Å². The topological polar surface area (TPSA) is 49.4 Å². The van der Waals surface area contributed by atoms with E-state index in [0.717, 1.165) is 0 Å². The molecule has 0 radical (unpaired) electrons. The molecule has 4 nitrogen and oxygen atoms in total. The van der Waals surface area contributed by atoms with Gasteiger partial charge in [-0.25, -0.2) is 4.39 Å². The van der Waals surface area contributed by atoms with E-state index < -0.39 is 17.9 Å². The van der Waals surface area contributed by atoms with Crippen LogP contribution in [0.3, 0.4) is 0 Å². The fourth-order valence-electron chi connectivity index (χ4n) is 2.35. The van der Waals surface area contributed by atoms with Crippen molar-refractivity contribution in [2.75, 3.05) is 4.90 Å². The van der Waals surface area contributed by atoms with Crippen molar-refractivity contribution in [2.24, 2.45) is 5.92 Å². The smallest absolute Gasteiger partial charge is 0.250 e. The summed E-state index contributed by atoms with van der Waals surface area (Å²) < 4.78 is 13.6. The lowest BCUT2D eigenvalue weighted by atomic mass is 9.96. The maximum absolute atomic E-state index is 13.6. The molecule has 0 aromatic heterocycles. The quantitative estimate of drug-likeness (QED) is 0.911. The van der Waals surface area contributed by atoms with Crippen molar-refractivity contribution < 1.29 is 14.0 Å². The summed E-state index contributed by atoms with van der Waals surface area (Å²) in [6, 6.07) is 2.83. The van der Waals surface area contributed by atoms with E-state index in [0.29, 0.717) is 5.69 Å².